The van der Waals surface area contributed by atoms with Crippen LogP contribution in [-0.4, -0.2) is 31.2 Å². The number of ether oxygens (including phenoxy) is 3. The van der Waals surface area contributed by atoms with Gasteiger partial charge in [-0.15, -0.1) is 11.3 Å². The van der Waals surface area contributed by atoms with E-state index < -0.39 is 0 Å². The molecular weight excluding hydrogens is 376 g/mol. The fourth-order valence-electron chi connectivity index (χ4n) is 2.91. The number of benzene rings is 2. The number of rotatable bonds is 6. The van der Waals surface area contributed by atoms with Crippen molar-refractivity contribution in [3.8, 4) is 28.5 Å². The fraction of sp³-hybridized carbons (Fsp3) is 0.238. The molecule has 0 atom stereocenters. The molecule has 6 nitrogen and oxygen atoms in total. The van der Waals surface area contributed by atoms with Crippen LogP contribution in [0.15, 0.2) is 47.8 Å². The molecule has 2 aromatic carbocycles. The van der Waals surface area contributed by atoms with Crippen molar-refractivity contribution < 1.29 is 19.0 Å². The van der Waals surface area contributed by atoms with E-state index in [1.807, 2.05) is 47.8 Å². The van der Waals surface area contributed by atoms with Crippen molar-refractivity contribution >= 4 is 22.4 Å². The minimum atomic E-state index is -0.0643. The van der Waals surface area contributed by atoms with Crippen molar-refractivity contribution in [1.29, 1.82) is 0 Å². The monoisotopic (exact) mass is 396 g/mol. The van der Waals surface area contributed by atoms with Gasteiger partial charge in [0, 0.05) is 17.4 Å². The van der Waals surface area contributed by atoms with Gasteiger partial charge >= 0.3 is 0 Å². The lowest BCUT2D eigenvalue weighted by Crippen LogP contribution is -2.15. The van der Waals surface area contributed by atoms with E-state index in [-0.39, 0.29) is 5.91 Å². The van der Waals surface area contributed by atoms with Gasteiger partial charge < -0.3 is 19.5 Å². The maximum absolute atomic E-state index is 12.3. The third-order valence-corrected chi connectivity index (χ3v) is 5.14. The number of thiazole rings is 1. The van der Waals surface area contributed by atoms with Crippen LogP contribution in [0.4, 0.5) is 5.13 Å². The van der Waals surface area contributed by atoms with Gasteiger partial charge in [0.05, 0.1) is 12.8 Å². The molecule has 7 heteroatoms. The number of aryl methyl sites for hydroxylation is 1. The van der Waals surface area contributed by atoms with Crippen LogP contribution in [0, 0.1) is 0 Å². The maximum atomic E-state index is 12.3. The van der Waals surface area contributed by atoms with Crippen LogP contribution in [0.25, 0.3) is 11.3 Å². The van der Waals surface area contributed by atoms with Crippen molar-refractivity contribution in [3.05, 3.63) is 53.4 Å². The summed E-state index contributed by atoms with van der Waals surface area (Å²) in [6.45, 7) is 1.12. The van der Waals surface area contributed by atoms with Gasteiger partial charge in [-0.1, -0.05) is 6.07 Å². The normalized spacial score (nSPS) is 12.5. The van der Waals surface area contributed by atoms with E-state index in [4.69, 9.17) is 14.2 Å². The Morgan fingerprint density at radius 1 is 1.14 bits per heavy atom. The summed E-state index contributed by atoms with van der Waals surface area (Å²) in [6, 6.07) is 13.5. The summed E-state index contributed by atoms with van der Waals surface area (Å²) in [5.41, 5.74) is 2.85. The number of aromatic nitrogens is 1. The summed E-state index contributed by atoms with van der Waals surface area (Å²) in [4.78, 5) is 16.8. The molecule has 0 aliphatic carbocycles. The fourth-order valence-corrected chi connectivity index (χ4v) is 3.64. The Bertz CT molecular complexity index is 969. The zero-order chi connectivity index (χ0) is 19.3. The standard InChI is InChI=1S/C21H20N2O4S/c1-25-16-6-4-15(5-7-16)17-13-28-21(22-17)23-20(24)9-3-14-2-8-18-19(12-14)27-11-10-26-18/h2,4-8,12-13H,3,9-11H2,1H3,(H,22,23,24). The largest absolute Gasteiger partial charge is 0.497 e. The first-order valence-electron chi connectivity index (χ1n) is 8.99. The Hall–Kier alpha value is -3.06. The van der Waals surface area contributed by atoms with Gasteiger partial charge in [-0.3, -0.25) is 4.79 Å². The lowest BCUT2D eigenvalue weighted by Gasteiger charge is -2.18. The van der Waals surface area contributed by atoms with Crippen LogP contribution < -0.4 is 19.5 Å². The summed E-state index contributed by atoms with van der Waals surface area (Å²) in [5, 5.41) is 5.40. The van der Waals surface area contributed by atoms with Gasteiger partial charge in [-0.2, -0.15) is 0 Å². The average Bonchev–Trinajstić information content (AvgIpc) is 3.20. The summed E-state index contributed by atoms with van der Waals surface area (Å²) >= 11 is 1.41. The van der Waals surface area contributed by atoms with E-state index in [9.17, 15) is 4.79 Å². The van der Waals surface area contributed by atoms with Crippen molar-refractivity contribution in [2.45, 2.75) is 12.8 Å². The predicted molar refractivity (Wildman–Crippen MR) is 108 cm³/mol. The maximum Gasteiger partial charge on any atom is 0.226 e. The molecule has 2 heterocycles. The van der Waals surface area contributed by atoms with Crippen LogP contribution in [-0.2, 0) is 11.2 Å². The van der Waals surface area contributed by atoms with Gasteiger partial charge in [0.2, 0.25) is 5.91 Å². The second-order valence-electron chi connectivity index (χ2n) is 6.29. The number of hydrogen-bond donors (Lipinski definition) is 1. The van der Waals surface area contributed by atoms with Crippen molar-refractivity contribution in [3.63, 3.8) is 0 Å². The van der Waals surface area contributed by atoms with Crippen LogP contribution in [0.5, 0.6) is 17.2 Å². The minimum Gasteiger partial charge on any atom is -0.497 e. The molecule has 0 bridgehead atoms. The molecule has 1 aliphatic heterocycles. The van der Waals surface area contributed by atoms with E-state index >= 15 is 0 Å². The Morgan fingerprint density at radius 2 is 1.93 bits per heavy atom. The van der Waals surface area contributed by atoms with Crippen LogP contribution in [0.2, 0.25) is 0 Å². The quantitative estimate of drug-likeness (QED) is 0.677. The summed E-state index contributed by atoms with van der Waals surface area (Å²) in [6.07, 6.45) is 0.996. The molecule has 1 aromatic heterocycles. The zero-order valence-electron chi connectivity index (χ0n) is 15.4. The van der Waals surface area contributed by atoms with E-state index in [1.54, 1.807) is 7.11 Å². The molecule has 1 amide bonds. The van der Waals surface area contributed by atoms with Crippen molar-refractivity contribution in [1.82, 2.24) is 4.98 Å². The van der Waals surface area contributed by atoms with Crippen LogP contribution in [0.1, 0.15) is 12.0 Å². The first kappa shape index (κ1) is 18.3. The molecule has 0 spiro atoms. The highest BCUT2D eigenvalue weighted by molar-refractivity contribution is 7.14. The number of nitrogens with zero attached hydrogens (tertiary/aromatic N) is 1. The molecule has 1 N–H and O–H groups in total. The Kier molecular flexibility index (Phi) is 5.43. The molecule has 4 rings (SSSR count). The molecule has 1 aliphatic rings. The van der Waals surface area contributed by atoms with Gasteiger partial charge in [0.1, 0.15) is 19.0 Å². The first-order valence-corrected chi connectivity index (χ1v) is 9.87. The van der Waals surface area contributed by atoms with Crippen molar-refractivity contribution in [2.75, 3.05) is 25.6 Å². The molecule has 0 fully saturated rings. The minimum absolute atomic E-state index is 0.0643. The van der Waals surface area contributed by atoms with E-state index in [1.165, 1.54) is 11.3 Å². The first-order chi connectivity index (χ1) is 13.7. The second kappa shape index (κ2) is 8.31. The number of anilines is 1. The molecule has 28 heavy (non-hydrogen) atoms. The smallest absolute Gasteiger partial charge is 0.226 e. The topological polar surface area (TPSA) is 69.7 Å². The highest BCUT2D eigenvalue weighted by Crippen LogP contribution is 2.31. The molecule has 0 saturated carbocycles. The van der Waals surface area contributed by atoms with Gasteiger partial charge in [0.25, 0.3) is 0 Å². The Balaban J connectivity index is 1.33. The average molecular weight is 396 g/mol. The molecule has 0 unspecified atom stereocenters. The summed E-state index contributed by atoms with van der Waals surface area (Å²) in [5.74, 6) is 2.23. The Labute approximate surface area is 167 Å². The summed E-state index contributed by atoms with van der Waals surface area (Å²) in [7, 11) is 1.64. The van der Waals surface area contributed by atoms with Gasteiger partial charge in [0.15, 0.2) is 16.6 Å². The van der Waals surface area contributed by atoms with E-state index in [2.05, 4.69) is 10.3 Å². The zero-order valence-corrected chi connectivity index (χ0v) is 16.3. The molecule has 3 aromatic rings. The molecule has 0 saturated heterocycles. The molecule has 144 valence electrons. The summed E-state index contributed by atoms with van der Waals surface area (Å²) < 4.78 is 16.3. The third-order valence-electron chi connectivity index (χ3n) is 4.38. The third kappa shape index (κ3) is 4.26. The number of hydrogen-bond acceptors (Lipinski definition) is 6. The lowest BCUT2D eigenvalue weighted by atomic mass is 10.1. The van der Waals surface area contributed by atoms with Crippen LogP contribution >= 0.6 is 11.3 Å². The number of methoxy groups -OCH3 is 1. The highest BCUT2D eigenvalue weighted by atomic mass is 32.1. The van der Waals surface area contributed by atoms with Gasteiger partial charge in [-0.05, 0) is 48.4 Å². The number of carbonyl (C=O) groups is 1. The lowest BCUT2D eigenvalue weighted by molar-refractivity contribution is -0.116. The van der Waals surface area contributed by atoms with Gasteiger partial charge in [-0.25, -0.2) is 4.98 Å². The van der Waals surface area contributed by atoms with Crippen molar-refractivity contribution in [2.24, 2.45) is 0 Å². The second-order valence-corrected chi connectivity index (χ2v) is 7.15. The number of amides is 1. The van der Waals surface area contributed by atoms with E-state index in [0.717, 1.165) is 34.1 Å². The highest BCUT2D eigenvalue weighted by Gasteiger charge is 2.13. The van der Waals surface area contributed by atoms with Crippen LogP contribution in [0.3, 0.4) is 0 Å². The molecular formula is C21H20N2O4S. The predicted octanol–water partition coefficient (Wildman–Crippen LogP) is 4.16. The molecule has 0 radical (unpaired) electrons. The Morgan fingerprint density at radius 3 is 2.71 bits per heavy atom. The van der Waals surface area contributed by atoms with E-state index in [0.29, 0.717) is 31.2 Å². The number of fused-ring (bicyclic) bond motifs is 1. The number of carbonyl (C=O) groups excluding carboxylic acids is 1. The number of nitrogens with one attached hydrogen (secondary N) is 1. The SMILES string of the molecule is COc1ccc(-c2csc(NC(=O)CCc3ccc4c(c3)OCCO4)n2)cc1.